The lowest BCUT2D eigenvalue weighted by Crippen LogP contribution is -2.20. The molecule has 0 aliphatic carbocycles. The highest BCUT2D eigenvalue weighted by Crippen LogP contribution is 2.16. The number of nitrogens with zero attached hydrogens (tertiary/aromatic N) is 1. The van der Waals surface area contributed by atoms with E-state index in [0.29, 0.717) is 0 Å². The normalized spacial score (nSPS) is 12.3. The molecule has 0 aromatic carbocycles. The fraction of sp³-hybridized carbons (Fsp3) is 0.286. The third-order valence-electron chi connectivity index (χ3n) is 2.01. The van der Waals surface area contributed by atoms with Gasteiger partial charge >= 0.3 is 5.97 Å². The predicted molar refractivity (Wildman–Crippen MR) is 71.9 cm³/mol. The van der Waals surface area contributed by atoms with Crippen LogP contribution in [0.4, 0.5) is 4.39 Å². The van der Waals surface area contributed by atoms with Crippen molar-refractivity contribution in [3.8, 4) is 0 Å². The molecule has 0 atom stereocenters. The summed E-state index contributed by atoms with van der Waals surface area (Å²) in [6, 6.07) is 0. The second kappa shape index (κ2) is 8.02. The third-order valence-corrected chi connectivity index (χ3v) is 2.01. The summed E-state index contributed by atoms with van der Waals surface area (Å²) in [7, 11) is 3.27. The standard InChI is InChI=1S/C14H18FNO3/c1-6-10(12(15)7-2)13(17)11(9-16(4)5)14(18)19-8-3/h6-7,9H,1-2,8H2,3-5H3/b11-9-,12-10-. The van der Waals surface area contributed by atoms with Crippen molar-refractivity contribution in [2.24, 2.45) is 0 Å². The van der Waals surface area contributed by atoms with Gasteiger partial charge in [0.05, 0.1) is 12.2 Å². The summed E-state index contributed by atoms with van der Waals surface area (Å²) >= 11 is 0. The fourth-order valence-electron chi connectivity index (χ4n) is 1.22. The maximum Gasteiger partial charge on any atom is 0.343 e. The maximum atomic E-state index is 13.5. The second-order valence-electron chi connectivity index (χ2n) is 3.73. The maximum absolute atomic E-state index is 13.5. The number of allylic oxidation sites excluding steroid dienone is 4. The summed E-state index contributed by atoms with van der Waals surface area (Å²) in [5.41, 5.74) is -0.588. The quantitative estimate of drug-likeness (QED) is 0.233. The van der Waals surface area contributed by atoms with Gasteiger partial charge in [0.15, 0.2) is 0 Å². The van der Waals surface area contributed by atoms with E-state index in [9.17, 15) is 14.0 Å². The molecule has 0 N–H and O–H groups in total. The highest BCUT2D eigenvalue weighted by molar-refractivity contribution is 6.25. The average Bonchev–Trinajstić information content (AvgIpc) is 2.36. The molecule has 0 aliphatic rings. The first-order valence-corrected chi connectivity index (χ1v) is 5.63. The molecule has 0 rings (SSSR count). The minimum atomic E-state index is -0.839. The first-order chi connectivity index (χ1) is 8.88. The van der Waals surface area contributed by atoms with Crippen LogP contribution in [0.15, 0.2) is 48.5 Å². The molecule has 0 saturated carbocycles. The molecule has 0 heterocycles. The van der Waals surface area contributed by atoms with Crippen LogP contribution < -0.4 is 0 Å². The largest absolute Gasteiger partial charge is 0.462 e. The van der Waals surface area contributed by atoms with Crippen LogP contribution in [0, 0.1) is 0 Å². The molecule has 0 saturated heterocycles. The van der Waals surface area contributed by atoms with Gasteiger partial charge in [-0.1, -0.05) is 19.2 Å². The summed E-state index contributed by atoms with van der Waals surface area (Å²) in [6.07, 6.45) is 3.20. The molecule has 0 amide bonds. The summed E-state index contributed by atoms with van der Waals surface area (Å²) in [6.45, 7) is 8.33. The molecule has 0 aromatic heterocycles. The lowest BCUT2D eigenvalue weighted by molar-refractivity contribution is -0.139. The summed E-state index contributed by atoms with van der Waals surface area (Å²) in [5.74, 6) is -2.44. The van der Waals surface area contributed by atoms with Crippen LogP contribution in [0.5, 0.6) is 0 Å². The van der Waals surface area contributed by atoms with Crippen molar-refractivity contribution < 1.29 is 18.7 Å². The van der Waals surface area contributed by atoms with Crippen LogP contribution >= 0.6 is 0 Å². The number of esters is 1. The number of ketones is 1. The van der Waals surface area contributed by atoms with Crippen LogP contribution in [0.25, 0.3) is 0 Å². The minimum Gasteiger partial charge on any atom is -0.462 e. The molecule has 0 radical (unpaired) electrons. The van der Waals surface area contributed by atoms with E-state index in [2.05, 4.69) is 13.2 Å². The Kier molecular flexibility index (Phi) is 7.11. The Hall–Kier alpha value is -2.17. The molecule has 0 aromatic rings. The van der Waals surface area contributed by atoms with Crippen LogP contribution in [0.2, 0.25) is 0 Å². The minimum absolute atomic E-state index is 0.119. The highest BCUT2D eigenvalue weighted by Gasteiger charge is 2.24. The molecule has 0 fully saturated rings. The Morgan fingerprint density at radius 2 is 1.84 bits per heavy atom. The Morgan fingerprint density at radius 1 is 1.26 bits per heavy atom. The number of carbonyl (C=O) groups is 2. The van der Waals surface area contributed by atoms with Gasteiger partial charge in [0.25, 0.3) is 0 Å². The van der Waals surface area contributed by atoms with Crippen LogP contribution in [-0.4, -0.2) is 37.4 Å². The van der Waals surface area contributed by atoms with Crippen LogP contribution in [0.3, 0.4) is 0 Å². The fourth-order valence-corrected chi connectivity index (χ4v) is 1.22. The van der Waals surface area contributed by atoms with Crippen molar-refractivity contribution in [2.75, 3.05) is 20.7 Å². The van der Waals surface area contributed by atoms with E-state index in [4.69, 9.17) is 4.74 Å². The van der Waals surface area contributed by atoms with Gasteiger partial charge < -0.3 is 9.64 Å². The van der Waals surface area contributed by atoms with Crippen LogP contribution in [-0.2, 0) is 14.3 Å². The zero-order valence-electron chi connectivity index (χ0n) is 11.4. The number of hydrogen-bond acceptors (Lipinski definition) is 4. The van der Waals surface area contributed by atoms with E-state index in [1.165, 1.54) is 11.1 Å². The molecule has 19 heavy (non-hydrogen) atoms. The Labute approximate surface area is 112 Å². The van der Waals surface area contributed by atoms with E-state index in [0.717, 1.165) is 12.2 Å². The Bertz CT molecular complexity index is 448. The van der Waals surface area contributed by atoms with Gasteiger partial charge in [0, 0.05) is 20.3 Å². The van der Waals surface area contributed by atoms with Crippen molar-refractivity contribution >= 4 is 11.8 Å². The zero-order chi connectivity index (χ0) is 15.0. The van der Waals surface area contributed by atoms with Crippen molar-refractivity contribution in [3.63, 3.8) is 0 Å². The van der Waals surface area contributed by atoms with E-state index in [-0.39, 0.29) is 17.8 Å². The molecule has 5 heteroatoms. The van der Waals surface area contributed by atoms with Crippen LogP contribution in [0.1, 0.15) is 6.92 Å². The first kappa shape index (κ1) is 16.8. The van der Waals surface area contributed by atoms with Crippen molar-refractivity contribution in [1.29, 1.82) is 0 Å². The van der Waals surface area contributed by atoms with E-state index in [1.807, 2.05) is 0 Å². The molecular weight excluding hydrogens is 249 g/mol. The molecule has 0 bridgehead atoms. The SMILES string of the molecule is C=C/C(F)=C(\C=C)C(=O)/C(=C/N(C)C)C(=O)OCC. The van der Waals surface area contributed by atoms with Gasteiger partial charge in [0.1, 0.15) is 11.4 Å². The monoisotopic (exact) mass is 267 g/mol. The van der Waals surface area contributed by atoms with E-state index < -0.39 is 17.6 Å². The van der Waals surface area contributed by atoms with Crippen molar-refractivity contribution in [1.82, 2.24) is 4.90 Å². The predicted octanol–water partition coefficient (Wildman–Crippen LogP) is 2.16. The molecular formula is C14H18FNO3. The Balaban J connectivity index is 5.64. The lowest BCUT2D eigenvalue weighted by Gasteiger charge is -2.11. The number of hydrogen-bond donors (Lipinski definition) is 0. The molecule has 0 unspecified atom stereocenters. The van der Waals surface area contributed by atoms with Gasteiger partial charge in [-0.2, -0.15) is 0 Å². The second-order valence-corrected chi connectivity index (χ2v) is 3.73. The number of carbonyl (C=O) groups excluding carboxylic acids is 2. The van der Waals surface area contributed by atoms with Gasteiger partial charge in [-0.05, 0) is 13.0 Å². The van der Waals surface area contributed by atoms with Gasteiger partial charge in [-0.15, -0.1) is 0 Å². The Morgan fingerprint density at radius 3 is 2.21 bits per heavy atom. The topological polar surface area (TPSA) is 46.6 Å². The average molecular weight is 267 g/mol. The molecule has 0 aliphatic heterocycles. The third kappa shape index (κ3) is 4.91. The number of ether oxygens (including phenoxy) is 1. The smallest absolute Gasteiger partial charge is 0.343 e. The number of Topliss-reactive ketones (excluding diaryl/α,β-unsaturated/α-hetero) is 1. The van der Waals surface area contributed by atoms with E-state index >= 15 is 0 Å². The number of halogens is 1. The van der Waals surface area contributed by atoms with Crippen molar-refractivity contribution in [3.05, 3.63) is 48.5 Å². The summed E-state index contributed by atoms with van der Waals surface area (Å²) < 4.78 is 18.2. The number of rotatable bonds is 7. The van der Waals surface area contributed by atoms with Crippen molar-refractivity contribution in [2.45, 2.75) is 6.92 Å². The lowest BCUT2D eigenvalue weighted by atomic mass is 10.0. The first-order valence-electron chi connectivity index (χ1n) is 5.63. The zero-order valence-corrected chi connectivity index (χ0v) is 11.4. The summed E-state index contributed by atoms with van der Waals surface area (Å²) in [4.78, 5) is 25.3. The van der Waals surface area contributed by atoms with E-state index in [1.54, 1.807) is 21.0 Å². The van der Waals surface area contributed by atoms with Gasteiger partial charge in [0.2, 0.25) is 5.78 Å². The highest BCUT2D eigenvalue weighted by atomic mass is 19.1. The molecule has 4 nitrogen and oxygen atoms in total. The van der Waals surface area contributed by atoms with Gasteiger partial charge in [-0.25, -0.2) is 9.18 Å². The molecule has 0 spiro atoms. The van der Waals surface area contributed by atoms with Gasteiger partial charge in [-0.3, -0.25) is 4.79 Å². The summed E-state index contributed by atoms with van der Waals surface area (Å²) in [5, 5.41) is 0. The molecule has 104 valence electrons.